The fourth-order valence-electron chi connectivity index (χ4n) is 6.03. The van der Waals surface area contributed by atoms with Crippen molar-refractivity contribution in [2.24, 2.45) is 34.8 Å². The van der Waals surface area contributed by atoms with Gasteiger partial charge in [0.1, 0.15) is 12.2 Å². The molecule has 9 heteroatoms. The molecule has 4 saturated carbocycles. The molecule has 2 amide bonds. The van der Waals surface area contributed by atoms with E-state index in [0.29, 0.717) is 35.8 Å². The molecule has 1 aromatic rings. The van der Waals surface area contributed by atoms with Gasteiger partial charge in [0.25, 0.3) is 5.91 Å². The van der Waals surface area contributed by atoms with Crippen LogP contribution in [0.1, 0.15) is 70.2 Å². The van der Waals surface area contributed by atoms with E-state index in [0.717, 1.165) is 32.1 Å². The van der Waals surface area contributed by atoms with E-state index in [9.17, 15) is 14.7 Å². The predicted octanol–water partition coefficient (Wildman–Crippen LogP) is 3.18. The van der Waals surface area contributed by atoms with Gasteiger partial charge in [0, 0.05) is 17.7 Å². The van der Waals surface area contributed by atoms with E-state index in [4.69, 9.17) is 15.2 Å². The molecule has 1 aromatic heterocycles. The monoisotopic (exact) mass is 474 g/mol. The van der Waals surface area contributed by atoms with Crippen molar-refractivity contribution in [1.29, 1.82) is 0 Å². The normalized spacial score (nSPS) is 30.2. The van der Waals surface area contributed by atoms with Crippen LogP contribution in [0.4, 0.5) is 4.79 Å². The molecule has 2 unspecified atom stereocenters. The molecule has 0 aromatic carbocycles. The highest BCUT2D eigenvalue weighted by atomic mass is 16.5. The van der Waals surface area contributed by atoms with E-state index in [1.807, 2.05) is 33.8 Å². The number of ether oxygens (including phenoxy) is 2. The van der Waals surface area contributed by atoms with Gasteiger partial charge in [-0.1, -0.05) is 33.8 Å². The second kappa shape index (κ2) is 9.24. The Hall–Kier alpha value is -2.55. The Bertz CT molecular complexity index is 937. The highest BCUT2D eigenvalue weighted by Crippen LogP contribution is 2.55. The molecule has 4 aliphatic carbocycles. The van der Waals surface area contributed by atoms with Crippen molar-refractivity contribution in [3.63, 3.8) is 0 Å². The van der Waals surface area contributed by atoms with E-state index in [1.54, 1.807) is 10.9 Å². The molecule has 0 aliphatic heterocycles. The zero-order valence-corrected chi connectivity index (χ0v) is 20.6. The Labute approximate surface area is 201 Å². The number of primary amides is 1. The Morgan fingerprint density at radius 2 is 2.00 bits per heavy atom. The third-order valence-corrected chi connectivity index (χ3v) is 7.34. The van der Waals surface area contributed by atoms with Crippen molar-refractivity contribution in [2.45, 2.75) is 71.4 Å². The van der Waals surface area contributed by atoms with Crippen molar-refractivity contribution in [1.82, 2.24) is 15.1 Å². The van der Waals surface area contributed by atoms with Crippen molar-refractivity contribution in [3.8, 4) is 5.88 Å². The van der Waals surface area contributed by atoms with E-state index >= 15 is 0 Å². The first-order valence-electron chi connectivity index (χ1n) is 12.3. The van der Waals surface area contributed by atoms with Crippen LogP contribution in [-0.4, -0.2) is 51.7 Å². The molecule has 188 valence electrons. The fourth-order valence-corrected chi connectivity index (χ4v) is 6.03. The van der Waals surface area contributed by atoms with Gasteiger partial charge in [-0.3, -0.25) is 4.79 Å². The highest BCUT2D eigenvalue weighted by Gasteiger charge is 2.55. The number of carbonyl (C=O) groups is 2. The van der Waals surface area contributed by atoms with Gasteiger partial charge in [-0.25, -0.2) is 9.48 Å². The average Bonchev–Trinajstić information content (AvgIpc) is 3.14. The number of carbonyl (C=O) groups excluding carboxylic acids is 2. The van der Waals surface area contributed by atoms with E-state index < -0.39 is 17.1 Å². The number of amides is 2. The summed E-state index contributed by atoms with van der Waals surface area (Å²) < 4.78 is 12.5. The number of aliphatic hydroxyl groups is 1. The number of rotatable bonds is 9. The fraction of sp³-hybridized carbons (Fsp3) is 0.720. The summed E-state index contributed by atoms with van der Waals surface area (Å²) in [4.78, 5) is 24.3. The summed E-state index contributed by atoms with van der Waals surface area (Å²) in [6.45, 7) is 8.45. The van der Waals surface area contributed by atoms with Crippen LogP contribution in [-0.2, 0) is 4.74 Å². The lowest BCUT2D eigenvalue weighted by Gasteiger charge is -2.58. The summed E-state index contributed by atoms with van der Waals surface area (Å²) >= 11 is 0. The number of nitrogens with one attached hydrogen (secondary N) is 1. The number of hydrogen-bond donors (Lipinski definition) is 3. The lowest BCUT2D eigenvalue weighted by Crippen LogP contribution is -2.61. The Kier molecular flexibility index (Phi) is 6.68. The standard InChI is InChI=1S/C25H38N4O5/c1-15(2)13-33-22-19(12-27-29(22)6-5-24(3,4)14-34-23(26)31)21(30)28-20-17-7-16-8-18(20)11-25(32,9-16)10-17/h5-6,12,15-18,20,32H,7-11,13-14H2,1-4H3,(H2,26,31)(H,28,30)/b6-5+/t16?,17?,18?,20-,25-. The third-order valence-electron chi connectivity index (χ3n) is 7.34. The molecule has 2 atom stereocenters. The van der Waals surface area contributed by atoms with Crippen molar-refractivity contribution < 1.29 is 24.2 Å². The first-order chi connectivity index (χ1) is 15.9. The number of nitrogens with zero attached hydrogens (tertiary/aromatic N) is 2. The molecule has 1 heterocycles. The Balaban J connectivity index is 1.51. The molecule has 4 N–H and O–H groups in total. The molecule has 4 fully saturated rings. The molecule has 4 bridgehead atoms. The van der Waals surface area contributed by atoms with Gasteiger partial charge < -0.3 is 25.6 Å². The van der Waals surface area contributed by atoms with Crippen LogP contribution < -0.4 is 15.8 Å². The first-order valence-corrected chi connectivity index (χ1v) is 12.3. The highest BCUT2D eigenvalue weighted by molar-refractivity contribution is 5.96. The number of hydrogen-bond acceptors (Lipinski definition) is 6. The van der Waals surface area contributed by atoms with Crippen molar-refractivity contribution in [2.75, 3.05) is 13.2 Å². The minimum absolute atomic E-state index is 0.0750. The molecule has 9 nitrogen and oxygen atoms in total. The van der Waals surface area contributed by atoms with Gasteiger partial charge in [-0.2, -0.15) is 5.10 Å². The van der Waals surface area contributed by atoms with Crippen molar-refractivity contribution >= 4 is 18.2 Å². The molecule has 0 saturated heterocycles. The topological polar surface area (TPSA) is 129 Å². The third kappa shape index (κ3) is 5.40. The number of aromatic nitrogens is 2. The summed E-state index contributed by atoms with van der Waals surface area (Å²) in [7, 11) is 0. The SMILES string of the molecule is CC(C)COc1c(C(=O)N[C@H]2C3CC4CC2C[C@](O)(C4)C3)cnn1/C=C/C(C)(C)COC(N)=O. The zero-order chi connectivity index (χ0) is 24.7. The van der Waals surface area contributed by atoms with Gasteiger partial charge in [0.05, 0.1) is 18.4 Å². The van der Waals surface area contributed by atoms with Crippen LogP contribution in [0.3, 0.4) is 0 Å². The van der Waals surface area contributed by atoms with Crippen LogP contribution in [0.5, 0.6) is 5.88 Å². The quantitative estimate of drug-likeness (QED) is 0.504. The summed E-state index contributed by atoms with van der Waals surface area (Å²) in [5.41, 5.74) is 4.45. The smallest absolute Gasteiger partial charge is 0.404 e. The predicted molar refractivity (Wildman–Crippen MR) is 127 cm³/mol. The maximum absolute atomic E-state index is 13.4. The molecular weight excluding hydrogens is 436 g/mol. The maximum atomic E-state index is 13.4. The van der Waals surface area contributed by atoms with Crippen molar-refractivity contribution in [3.05, 3.63) is 17.8 Å². The van der Waals surface area contributed by atoms with Gasteiger partial charge in [-0.05, 0) is 55.8 Å². The molecule has 34 heavy (non-hydrogen) atoms. The lowest BCUT2D eigenvalue weighted by atomic mass is 9.52. The lowest BCUT2D eigenvalue weighted by molar-refractivity contribution is -0.136. The maximum Gasteiger partial charge on any atom is 0.404 e. The minimum atomic E-state index is -0.822. The number of nitrogens with two attached hydrogens (primary N) is 1. The second-order valence-electron chi connectivity index (χ2n) is 11.6. The summed E-state index contributed by atoms with van der Waals surface area (Å²) in [6.07, 6.45) is 8.87. The van der Waals surface area contributed by atoms with Crippen LogP contribution in [0.15, 0.2) is 12.3 Å². The van der Waals surface area contributed by atoms with Gasteiger partial charge in [-0.15, -0.1) is 0 Å². The van der Waals surface area contributed by atoms with Crippen LogP contribution in [0.2, 0.25) is 0 Å². The van der Waals surface area contributed by atoms with E-state index in [2.05, 4.69) is 10.4 Å². The minimum Gasteiger partial charge on any atom is -0.477 e. The van der Waals surface area contributed by atoms with Crippen LogP contribution >= 0.6 is 0 Å². The van der Waals surface area contributed by atoms with Gasteiger partial charge >= 0.3 is 6.09 Å². The van der Waals surface area contributed by atoms with E-state index in [-0.39, 0.29) is 24.5 Å². The Morgan fingerprint density at radius 1 is 1.32 bits per heavy atom. The molecule has 0 radical (unpaired) electrons. The van der Waals surface area contributed by atoms with E-state index in [1.165, 1.54) is 6.20 Å². The Morgan fingerprint density at radius 3 is 2.59 bits per heavy atom. The molecule has 0 spiro atoms. The first kappa shape index (κ1) is 24.6. The summed E-state index contributed by atoms with van der Waals surface area (Å²) in [6, 6.07) is 0.0750. The average molecular weight is 475 g/mol. The zero-order valence-electron chi connectivity index (χ0n) is 20.6. The largest absolute Gasteiger partial charge is 0.477 e. The molecular formula is C25H38N4O5. The summed E-state index contributed by atoms with van der Waals surface area (Å²) in [5, 5.41) is 18.5. The van der Waals surface area contributed by atoms with Crippen LogP contribution in [0, 0.1) is 29.1 Å². The van der Waals surface area contributed by atoms with Gasteiger partial charge in [0.15, 0.2) is 0 Å². The molecule has 4 aliphatic rings. The second-order valence-corrected chi connectivity index (χ2v) is 11.6. The molecule has 5 rings (SSSR count). The van der Waals surface area contributed by atoms with Gasteiger partial charge in [0.2, 0.25) is 5.88 Å². The van der Waals surface area contributed by atoms with Crippen LogP contribution in [0.25, 0.3) is 6.20 Å². The summed E-state index contributed by atoms with van der Waals surface area (Å²) in [5.74, 6) is 1.68.